The summed E-state index contributed by atoms with van der Waals surface area (Å²) in [5.41, 5.74) is 6.00. The molecule has 162 valence electrons. The number of halogens is 3. The molecule has 0 radical (unpaired) electrons. The Morgan fingerprint density at radius 3 is 2.42 bits per heavy atom. The second-order valence-electron chi connectivity index (χ2n) is 7.55. The van der Waals surface area contributed by atoms with Crippen LogP contribution in [0.2, 0.25) is 0 Å². The standard InChI is InChI=1S/C22H23F3N6/c1-30-9-11-31(12-10-30)18-7-5-17(6-8-18)28-21-27-14-19(23)20(29-21)22(24,25)15-3-2-4-16(26)13-15/h2-8,13-14H,9-12,26H2,1H3,(H,27,28,29). The molecule has 31 heavy (non-hydrogen) atoms. The predicted molar refractivity (Wildman–Crippen MR) is 115 cm³/mol. The third kappa shape index (κ3) is 4.56. The molecule has 1 aromatic heterocycles. The minimum absolute atomic E-state index is 0.118. The van der Waals surface area contributed by atoms with Gasteiger partial charge in [-0.2, -0.15) is 8.78 Å². The summed E-state index contributed by atoms with van der Waals surface area (Å²) in [5.74, 6) is -4.97. The van der Waals surface area contributed by atoms with Gasteiger partial charge in [0.25, 0.3) is 0 Å². The normalized spacial score (nSPS) is 15.2. The van der Waals surface area contributed by atoms with Gasteiger partial charge in [-0.05, 0) is 43.4 Å². The molecule has 0 aliphatic carbocycles. The van der Waals surface area contributed by atoms with Gasteiger partial charge >= 0.3 is 5.92 Å². The summed E-state index contributed by atoms with van der Waals surface area (Å²) < 4.78 is 44.0. The smallest absolute Gasteiger partial charge is 0.318 e. The van der Waals surface area contributed by atoms with E-state index >= 15 is 0 Å². The molecule has 1 fully saturated rings. The topological polar surface area (TPSA) is 70.3 Å². The summed E-state index contributed by atoms with van der Waals surface area (Å²) in [7, 11) is 2.09. The third-order valence-electron chi connectivity index (χ3n) is 5.28. The molecule has 6 nitrogen and oxygen atoms in total. The molecule has 0 atom stereocenters. The van der Waals surface area contributed by atoms with Crippen molar-refractivity contribution >= 4 is 23.0 Å². The number of nitrogens with one attached hydrogen (secondary N) is 1. The molecule has 1 aliphatic rings. The highest BCUT2D eigenvalue weighted by Crippen LogP contribution is 2.37. The van der Waals surface area contributed by atoms with Gasteiger partial charge < -0.3 is 20.9 Å². The van der Waals surface area contributed by atoms with E-state index in [9.17, 15) is 13.2 Å². The highest BCUT2D eigenvalue weighted by Gasteiger charge is 2.39. The average molecular weight is 428 g/mol. The average Bonchev–Trinajstić information content (AvgIpc) is 2.76. The minimum Gasteiger partial charge on any atom is -0.399 e. The quantitative estimate of drug-likeness (QED) is 0.602. The molecule has 2 aromatic carbocycles. The zero-order valence-corrected chi connectivity index (χ0v) is 17.0. The maximum absolute atomic E-state index is 14.9. The third-order valence-corrected chi connectivity index (χ3v) is 5.28. The lowest BCUT2D eigenvalue weighted by Gasteiger charge is -2.34. The van der Waals surface area contributed by atoms with Crippen LogP contribution < -0.4 is 16.0 Å². The minimum atomic E-state index is -3.66. The first-order valence-corrected chi connectivity index (χ1v) is 9.90. The van der Waals surface area contributed by atoms with Crippen LogP contribution in [0, 0.1) is 5.82 Å². The van der Waals surface area contributed by atoms with E-state index in [0.29, 0.717) is 5.69 Å². The number of nitrogen functional groups attached to an aromatic ring is 1. The van der Waals surface area contributed by atoms with Crippen LogP contribution in [-0.2, 0) is 5.92 Å². The van der Waals surface area contributed by atoms with Crippen molar-refractivity contribution in [1.82, 2.24) is 14.9 Å². The Hall–Kier alpha value is -3.33. The van der Waals surface area contributed by atoms with Gasteiger partial charge in [-0.3, -0.25) is 0 Å². The molecule has 0 bridgehead atoms. The molecule has 0 saturated carbocycles. The van der Waals surface area contributed by atoms with Crippen LogP contribution in [0.15, 0.2) is 54.7 Å². The van der Waals surface area contributed by atoms with Crippen LogP contribution >= 0.6 is 0 Å². The number of piperazine rings is 1. The fourth-order valence-electron chi connectivity index (χ4n) is 3.47. The number of nitrogens with two attached hydrogens (primary N) is 1. The Bertz CT molecular complexity index is 1050. The molecule has 3 N–H and O–H groups in total. The number of nitrogens with zero attached hydrogens (tertiary/aromatic N) is 4. The molecule has 3 aromatic rings. The number of benzene rings is 2. The van der Waals surface area contributed by atoms with Crippen LogP contribution in [0.3, 0.4) is 0 Å². The fourth-order valence-corrected chi connectivity index (χ4v) is 3.47. The van der Waals surface area contributed by atoms with Gasteiger partial charge in [0.15, 0.2) is 11.5 Å². The van der Waals surface area contributed by atoms with Gasteiger partial charge in [-0.1, -0.05) is 12.1 Å². The molecular formula is C22H23F3N6. The predicted octanol–water partition coefficient (Wildman–Crippen LogP) is 3.83. The van der Waals surface area contributed by atoms with Crippen molar-refractivity contribution in [2.24, 2.45) is 0 Å². The first-order valence-electron chi connectivity index (χ1n) is 9.90. The van der Waals surface area contributed by atoms with E-state index in [-0.39, 0.29) is 11.6 Å². The summed E-state index contributed by atoms with van der Waals surface area (Å²) in [5, 5.41) is 2.87. The van der Waals surface area contributed by atoms with E-state index in [1.54, 1.807) is 0 Å². The Kier molecular flexibility index (Phi) is 5.69. The largest absolute Gasteiger partial charge is 0.399 e. The van der Waals surface area contributed by atoms with Crippen molar-refractivity contribution in [3.05, 3.63) is 71.8 Å². The molecule has 9 heteroatoms. The first kappa shape index (κ1) is 20.9. The van der Waals surface area contributed by atoms with E-state index in [2.05, 4.69) is 32.1 Å². The van der Waals surface area contributed by atoms with Gasteiger partial charge in [0.05, 0.1) is 6.20 Å². The SMILES string of the molecule is CN1CCN(c2ccc(Nc3ncc(F)c(C(F)(F)c4cccc(N)c4)n3)cc2)CC1. The van der Waals surface area contributed by atoms with Crippen LogP contribution in [-0.4, -0.2) is 48.1 Å². The summed E-state index contributed by atoms with van der Waals surface area (Å²) in [6.07, 6.45) is 0.740. The zero-order valence-electron chi connectivity index (χ0n) is 17.0. The molecular weight excluding hydrogens is 405 g/mol. The number of hydrogen-bond acceptors (Lipinski definition) is 6. The first-order chi connectivity index (χ1) is 14.8. The molecule has 1 aliphatic heterocycles. The van der Waals surface area contributed by atoms with Crippen molar-refractivity contribution in [1.29, 1.82) is 0 Å². The zero-order chi connectivity index (χ0) is 22.0. The van der Waals surface area contributed by atoms with Crippen LogP contribution in [0.25, 0.3) is 0 Å². The molecule has 0 amide bonds. The lowest BCUT2D eigenvalue weighted by molar-refractivity contribution is 0.0337. The molecule has 1 saturated heterocycles. The molecule has 0 spiro atoms. The van der Waals surface area contributed by atoms with Gasteiger partial charge in [0.2, 0.25) is 5.95 Å². The van der Waals surface area contributed by atoms with E-state index in [4.69, 9.17) is 5.73 Å². The highest BCUT2D eigenvalue weighted by molar-refractivity contribution is 5.59. The van der Waals surface area contributed by atoms with E-state index in [1.165, 1.54) is 18.2 Å². The number of aromatic nitrogens is 2. The van der Waals surface area contributed by atoms with Crippen molar-refractivity contribution in [3.8, 4) is 0 Å². The van der Waals surface area contributed by atoms with Gasteiger partial charge in [0, 0.05) is 48.8 Å². The van der Waals surface area contributed by atoms with Gasteiger partial charge in [-0.15, -0.1) is 0 Å². The van der Waals surface area contributed by atoms with E-state index < -0.39 is 23.0 Å². The van der Waals surface area contributed by atoms with E-state index in [1.807, 2.05) is 24.3 Å². The fraction of sp³-hybridized carbons (Fsp3) is 0.273. The summed E-state index contributed by atoms with van der Waals surface area (Å²) >= 11 is 0. The molecule has 0 unspecified atom stereocenters. The summed E-state index contributed by atoms with van der Waals surface area (Å²) in [4.78, 5) is 12.1. The maximum atomic E-state index is 14.9. The van der Waals surface area contributed by atoms with Crippen LogP contribution in [0.1, 0.15) is 11.3 Å². The summed E-state index contributed by atoms with van der Waals surface area (Å²) in [6, 6.07) is 12.7. The van der Waals surface area contributed by atoms with Gasteiger partial charge in [-0.25, -0.2) is 14.4 Å². The lowest BCUT2D eigenvalue weighted by atomic mass is 10.0. The monoisotopic (exact) mass is 428 g/mol. The number of alkyl halides is 2. The van der Waals surface area contributed by atoms with Crippen LogP contribution in [0.5, 0.6) is 0 Å². The van der Waals surface area contributed by atoms with Crippen molar-refractivity contribution in [3.63, 3.8) is 0 Å². The Balaban J connectivity index is 1.53. The van der Waals surface area contributed by atoms with Crippen molar-refractivity contribution in [2.75, 3.05) is 49.2 Å². The van der Waals surface area contributed by atoms with Gasteiger partial charge in [0.1, 0.15) is 0 Å². The van der Waals surface area contributed by atoms with E-state index in [0.717, 1.165) is 44.1 Å². The highest BCUT2D eigenvalue weighted by atomic mass is 19.3. The van der Waals surface area contributed by atoms with Crippen molar-refractivity contribution < 1.29 is 13.2 Å². The Morgan fingerprint density at radius 2 is 1.74 bits per heavy atom. The summed E-state index contributed by atoms with van der Waals surface area (Å²) in [6.45, 7) is 3.86. The van der Waals surface area contributed by atoms with Crippen molar-refractivity contribution in [2.45, 2.75) is 5.92 Å². The molecule has 2 heterocycles. The maximum Gasteiger partial charge on any atom is 0.318 e. The second kappa shape index (κ2) is 8.43. The number of rotatable bonds is 5. The lowest BCUT2D eigenvalue weighted by Crippen LogP contribution is -2.44. The Morgan fingerprint density at radius 1 is 1.03 bits per heavy atom. The second-order valence-corrected chi connectivity index (χ2v) is 7.55. The van der Waals surface area contributed by atoms with Crippen LogP contribution in [0.4, 0.5) is 36.2 Å². The number of anilines is 4. The number of likely N-dealkylation sites (N-methyl/N-ethyl adjacent to an activating group) is 1. The number of hydrogen-bond donors (Lipinski definition) is 2. The Labute approximate surface area is 178 Å². The molecule has 4 rings (SSSR count).